The quantitative estimate of drug-likeness (QED) is 0.100. The van der Waals surface area contributed by atoms with Crippen LogP contribution in [-0.4, -0.2) is 48.0 Å². The number of hydrogen-bond donors (Lipinski definition) is 4. The molecular formula is C23H28ClN7O3S2. The number of aromatic nitrogens is 3. The van der Waals surface area contributed by atoms with Crippen LogP contribution in [0.3, 0.4) is 0 Å². The Morgan fingerprint density at radius 3 is 2.67 bits per heavy atom. The van der Waals surface area contributed by atoms with Crippen LogP contribution in [0.15, 0.2) is 63.7 Å². The van der Waals surface area contributed by atoms with Crippen molar-refractivity contribution in [2.45, 2.75) is 42.7 Å². The van der Waals surface area contributed by atoms with E-state index in [1.807, 2.05) is 18.2 Å². The number of nitrogens with zero attached hydrogens (tertiary/aromatic N) is 3. The topological polar surface area (TPSA) is 141 Å². The number of anilines is 2. The first-order valence-corrected chi connectivity index (χ1v) is 14.2. The highest BCUT2D eigenvalue weighted by atomic mass is 35.5. The number of aromatic amines is 1. The molecule has 0 aliphatic rings. The fraction of sp³-hybridized carbons (Fsp3) is 0.304. The first-order chi connectivity index (χ1) is 17.4. The van der Waals surface area contributed by atoms with Gasteiger partial charge in [0.25, 0.3) is 0 Å². The molecule has 0 aliphatic carbocycles. The summed E-state index contributed by atoms with van der Waals surface area (Å²) in [5.41, 5.74) is 3.97. The summed E-state index contributed by atoms with van der Waals surface area (Å²) in [6, 6.07) is 13.3. The van der Waals surface area contributed by atoms with Gasteiger partial charge in [-0.15, -0.1) is 5.10 Å². The van der Waals surface area contributed by atoms with Crippen LogP contribution in [0, 0.1) is 0 Å². The number of carbonyl (C=O) groups excluding carboxylic acids is 1. The van der Waals surface area contributed by atoms with E-state index in [2.05, 4.69) is 42.7 Å². The van der Waals surface area contributed by atoms with Gasteiger partial charge >= 0.3 is 0 Å². The first-order valence-electron chi connectivity index (χ1n) is 11.4. The van der Waals surface area contributed by atoms with Crippen LogP contribution in [0.25, 0.3) is 0 Å². The van der Waals surface area contributed by atoms with Crippen LogP contribution in [0.4, 0.5) is 11.6 Å². The van der Waals surface area contributed by atoms with Gasteiger partial charge in [-0.3, -0.25) is 4.79 Å². The summed E-state index contributed by atoms with van der Waals surface area (Å²) in [6.45, 7) is 2.51. The van der Waals surface area contributed by atoms with Crippen LogP contribution < -0.4 is 15.5 Å². The average Bonchev–Trinajstić information content (AvgIpc) is 3.32. The minimum atomic E-state index is -3.57. The van der Waals surface area contributed by atoms with E-state index in [1.54, 1.807) is 24.4 Å². The summed E-state index contributed by atoms with van der Waals surface area (Å²) in [4.78, 5) is 16.6. The van der Waals surface area contributed by atoms with Gasteiger partial charge in [0.2, 0.25) is 27.0 Å². The molecule has 4 N–H and O–H groups in total. The zero-order valence-electron chi connectivity index (χ0n) is 19.7. The normalized spacial score (nSPS) is 11.6. The van der Waals surface area contributed by atoms with E-state index < -0.39 is 10.0 Å². The standard InChI is InChI=1S/C23H28ClN7O3S2/c1-2-3-4-7-14-26-36(33,34)19-12-10-18(11-13-19)27-21(32)16-35-23-28-22(30-31-23)29-25-15-17-8-5-6-9-20(17)24/h5-6,8-13,15,26H,2-4,7,14,16H2,1H3,(H,27,32)(H2,28,29,30,31)/b25-15+. The maximum atomic E-state index is 12.4. The molecule has 0 atom stereocenters. The molecule has 0 bridgehead atoms. The Morgan fingerprint density at radius 2 is 1.92 bits per heavy atom. The van der Waals surface area contributed by atoms with E-state index in [-0.39, 0.29) is 16.6 Å². The molecule has 10 nitrogen and oxygen atoms in total. The molecule has 1 aromatic heterocycles. The van der Waals surface area contributed by atoms with Gasteiger partial charge in [-0.25, -0.2) is 23.7 Å². The predicted molar refractivity (Wildman–Crippen MR) is 144 cm³/mol. The largest absolute Gasteiger partial charge is 0.325 e. The zero-order chi connectivity index (χ0) is 25.8. The second kappa shape index (κ2) is 14.0. The second-order valence-electron chi connectivity index (χ2n) is 7.68. The lowest BCUT2D eigenvalue weighted by Crippen LogP contribution is -2.24. The number of benzene rings is 2. The number of amides is 1. The highest BCUT2D eigenvalue weighted by Crippen LogP contribution is 2.17. The number of rotatable bonds is 14. The summed E-state index contributed by atoms with van der Waals surface area (Å²) >= 11 is 7.21. The van der Waals surface area contributed by atoms with Crippen LogP contribution >= 0.6 is 23.4 Å². The maximum absolute atomic E-state index is 12.4. The molecular weight excluding hydrogens is 522 g/mol. The minimum absolute atomic E-state index is 0.0690. The van der Waals surface area contributed by atoms with Gasteiger partial charge in [0, 0.05) is 22.8 Å². The van der Waals surface area contributed by atoms with Crippen molar-refractivity contribution in [2.24, 2.45) is 5.10 Å². The van der Waals surface area contributed by atoms with Gasteiger partial charge in [-0.2, -0.15) is 10.1 Å². The summed E-state index contributed by atoms with van der Waals surface area (Å²) in [5.74, 6) is 0.109. The van der Waals surface area contributed by atoms with Crippen LogP contribution in [-0.2, 0) is 14.8 Å². The van der Waals surface area contributed by atoms with Gasteiger partial charge in [-0.05, 0) is 36.8 Å². The summed E-state index contributed by atoms with van der Waals surface area (Å²) in [5, 5.41) is 14.5. The Hall–Kier alpha value is -2.93. The Labute approximate surface area is 219 Å². The lowest BCUT2D eigenvalue weighted by molar-refractivity contribution is -0.113. The van der Waals surface area contributed by atoms with Crippen molar-refractivity contribution >= 4 is 57.1 Å². The molecule has 13 heteroatoms. The third-order valence-electron chi connectivity index (χ3n) is 4.85. The maximum Gasteiger partial charge on any atom is 0.240 e. The zero-order valence-corrected chi connectivity index (χ0v) is 22.1. The van der Waals surface area contributed by atoms with E-state index in [0.29, 0.717) is 28.4 Å². The van der Waals surface area contributed by atoms with Crippen molar-refractivity contribution in [1.82, 2.24) is 19.9 Å². The number of H-pyrrole nitrogens is 1. The molecule has 0 fully saturated rings. The Morgan fingerprint density at radius 1 is 1.14 bits per heavy atom. The van der Waals surface area contributed by atoms with Gasteiger partial charge in [-0.1, -0.05) is 67.7 Å². The summed E-state index contributed by atoms with van der Waals surface area (Å²) in [6.07, 6.45) is 5.53. The average molecular weight is 550 g/mol. The van der Waals surface area contributed by atoms with Crippen molar-refractivity contribution < 1.29 is 13.2 Å². The highest BCUT2D eigenvalue weighted by Gasteiger charge is 2.14. The number of unbranched alkanes of at least 4 members (excludes halogenated alkanes) is 3. The lowest BCUT2D eigenvalue weighted by Gasteiger charge is -2.08. The Kier molecular flexibility index (Phi) is 10.7. The van der Waals surface area contributed by atoms with E-state index in [1.165, 1.54) is 12.1 Å². The van der Waals surface area contributed by atoms with Crippen molar-refractivity contribution in [1.29, 1.82) is 0 Å². The molecule has 3 rings (SSSR count). The number of thioether (sulfide) groups is 1. The van der Waals surface area contributed by atoms with Crippen molar-refractivity contribution in [2.75, 3.05) is 23.0 Å². The number of carbonyl (C=O) groups is 1. The summed E-state index contributed by atoms with van der Waals surface area (Å²) < 4.78 is 27.4. The van der Waals surface area contributed by atoms with E-state index in [0.717, 1.165) is 43.0 Å². The number of halogens is 1. The molecule has 0 spiro atoms. The van der Waals surface area contributed by atoms with Gasteiger partial charge in [0.05, 0.1) is 16.9 Å². The van der Waals surface area contributed by atoms with E-state index in [4.69, 9.17) is 11.6 Å². The molecule has 0 unspecified atom stereocenters. The number of sulfonamides is 1. The van der Waals surface area contributed by atoms with Crippen LogP contribution in [0.5, 0.6) is 0 Å². The fourth-order valence-corrected chi connectivity index (χ4v) is 4.85. The molecule has 36 heavy (non-hydrogen) atoms. The van der Waals surface area contributed by atoms with Crippen LogP contribution in [0.1, 0.15) is 38.2 Å². The minimum Gasteiger partial charge on any atom is -0.325 e. The third-order valence-corrected chi connectivity index (χ3v) is 7.52. The number of nitrogens with one attached hydrogen (secondary N) is 4. The molecule has 0 aliphatic heterocycles. The molecule has 192 valence electrons. The van der Waals surface area contributed by atoms with Crippen molar-refractivity contribution in [3.05, 3.63) is 59.1 Å². The molecule has 1 heterocycles. The monoisotopic (exact) mass is 549 g/mol. The molecule has 0 saturated heterocycles. The SMILES string of the molecule is CCCCCCNS(=O)(=O)c1ccc(NC(=O)CSc2n[nH]c(N/N=C/c3ccccc3Cl)n2)cc1. The highest BCUT2D eigenvalue weighted by molar-refractivity contribution is 7.99. The van der Waals surface area contributed by atoms with Crippen molar-refractivity contribution in [3.63, 3.8) is 0 Å². The lowest BCUT2D eigenvalue weighted by atomic mass is 10.2. The van der Waals surface area contributed by atoms with E-state index in [9.17, 15) is 13.2 Å². The number of hydrazone groups is 1. The van der Waals surface area contributed by atoms with Gasteiger partial charge in [0.1, 0.15) is 0 Å². The predicted octanol–water partition coefficient (Wildman–Crippen LogP) is 4.49. The third kappa shape index (κ3) is 8.94. The van der Waals surface area contributed by atoms with E-state index >= 15 is 0 Å². The summed E-state index contributed by atoms with van der Waals surface area (Å²) in [7, 11) is -3.57. The van der Waals surface area contributed by atoms with Crippen molar-refractivity contribution in [3.8, 4) is 0 Å². The molecule has 0 radical (unpaired) electrons. The number of hydrogen-bond acceptors (Lipinski definition) is 8. The molecule has 1 amide bonds. The smallest absolute Gasteiger partial charge is 0.240 e. The Balaban J connectivity index is 1.42. The molecule has 2 aromatic carbocycles. The first kappa shape index (κ1) is 27.7. The second-order valence-corrected chi connectivity index (χ2v) is 10.8. The van der Waals surface area contributed by atoms with Gasteiger partial charge < -0.3 is 5.32 Å². The van der Waals surface area contributed by atoms with Crippen LogP contribution in [0.2, 0.25) is 5.02 Å². The van der Waals surface area contributed by atoms with Gasteiger partial charge in [0.15, 0.2) is 0 Å². The molecule has 0 saturated carbocycles. The molecule has 3 aromatic rings. The Bertz CT molecular complexity index is 1260. The fourth-order valence-electron chi connectivity index (χ4n) is 2.99.